The van der Waals surface area contributed by atoms with Crippen molar-refractivity contribution < 1.29 is 9.21 Å². The van der Waals surface area contributed by atoms with Crippen LogP contribution in [0.2, 0.25) is 0 Å². The highest BCUT2D eigenvalue weighted by Crippen LogP contribution is 2.24. The van der Waals surface area contributed by atoms with E-state index in [9.17, 15) is 4.79 Å². The monoisotopic (exact) mass is 208 g/mol. The van der Waals surface area contributed by atoms with Crippen LogP contribution in [0, 0.1) is 0 Å². The predicted molar refractivity (Wildman–Crippen MR) is 55.4 cm³/mol. The van der Waals surface area contributed by atoms with Crippen LogP contribution in [0.1, 0.15) is 43.6 Å². The summed E-state index contributed by atoms with van der Waals surface area (Å²) in [6.07, 6.45) is 6.07. The van der Waals surface area contributed by atoms with Crippen molar-refractivity contribution in [1.29, 1.82) is 0 Å². The number of hydrogen-bond acceptors (Lipinski definition) is 3. The number of piperidine rings is 1. The zero-order valence-electron chi connectivity index (χ0n) is 9.14. The number of hydrogen-bond donors (Lipinski definition) is 0. The van der Waals surface area contributed by atoms with Gasteiger partial charge in [-0.15, -0.1) is 0 Å². The van der Waals surface area contributed by atoms with E-state index in [0.29, 0.717) is 17.8 Å². The summed E-state index contributed by atoms with van der Waals surface area (Å²) in [5.41, 5.74) is 0.413. The van der Waals surface area contributed by atoms with Crippen molar-refractivity contribution in [3.05, 3.63) is 18.4 Å². The molecule has 4 heteroatoms. The van der Waals surface area contributed by atoms with Crippen molar-refractivity contribution in [2.75, 3.05) is 0 Å². The Kier molecular flexibility index (Phi) is 2.75. The largest absolute Gasteiger partial charge is 0.451 e. The first-order chi connectivity index (χ1) is 7.20. The number of likely N-dealkylation sites (tertiary alicyclic amines) is 1. The van der Waals surface area contributed by atoms with E-state index >= 15 is 0 Å². The number of carbonyl (C=O) groups excluding carboxylic acids is 1. The van der Waals surface area contributed by atoms with Crippen molar-refractivity contribution in [3.63, 3.8) is 0 Å². The van der Waals surface area contributed by atoms with Crippen LogP contribution in [-0.4, -0.2) is 27.9 Å². The number of rotatable bonds is 1. The molecule has 15 heavy (non-hydrogen) atoms. The normalized spacial score (nSPS) is 26.7. The molecule has 2 atom stereocenters. The number of carbonyl (C=O) groups is 1. The van der Waals surface area contributed by atoms with Gasteiger partial charge in [0.25, 0.3) is 5.91 Å². The second-order valence-electron chi connectivity index (χ2n) is 4.22. The lowest BCUT2D eigenvalue weighted by Crippen LogP contribution is -2.47. The van der Waals surface area contributed by atoms with Crippen LogP contribution >= 0.6 is 0 Å². The second kappa shape index (κ2) is 4.04. The molecule has 1 saturated heterocycles. The van der Waals surface area contributed by atoms with Gasteiger partial charge < -0.3 is 9.32 Å². The van der Waals surface area contributed by atoms with E-state index in [1.54, 1.807) is 0 Å². The summed E-state index contributed by atoms with van der Waals surface area (Å²) >= 11 is 0. The standard InChI is InChI=1S/C11H16N2O2/c1-8-4-3-5-9(2)13(8)11(14)10-6-15-7-12-10/h6-9H,3-5H2,1-2H3. The van der Waals surface area contributed by atoms with Crippen LogP contribution in [0.4, 0.5) is 0 Å². The zero-order chi connectivity index (χ0) is 10.8. The molecule has 0 saturated carbocycles. The lowest BCUT2D eigenvalue weighted by atomic mass is 9.97. The Hall–Kier alpha value is -1.32. The van der Waals surface area contributed by atoms with Gasteiger partial charge in [-0.1, -0.05) is 0 Å². The minimum atomic E-state index is -0.0107. The first kappa shape index (κ1) is 10.2. The Morgan fingerprint density at radius 2 is 2.13 bits per heavy atom. The van der Waals surface area contributed by atoms with E-state index in [0.717, 1.165) is 12.8 Å². The van der Waals surface area contributed by atoms with Crippen LogP contribution in [-0.2, 0) is 0 Å². The molecule has 2 rings (SSSR count). The molecule has 0 aromatic carbocycles. The molecule has 1 aromatic rings. The summed E-state index contributed by atoms with van der Waals surface area (Å²) in [5, 5.41) is 0. The Morgan fingerprint density at radius 1 is 1.47 bits per heavy atom. The third-order valence-corrected chi connectivity index (χ3v) is 3.08. The van der Waals surface area contributed by atoms with Gasteiger partial charge in [-0.25, -0.2) is 4.98 Å². The lowest BCUT2D eigenvalue weighted by molar-refractivity contribution is 0.0504. The Morgan fingerprint density at radius 3 is 2.67 bits per heavy atom. The highest BCUT2D eigenvalue weighted by Gasteiger charge is 2.30. The van der Waals surface area contributed by atoms with Crippen LogP contribution < -0.4 is 0 Å². The average molecular weight is 208 g/mol. The smallest absolute Gasteiger partial charge is 0.276 e. The van der Waals surface area contributed by atoms with Gasteiger partial charge in [-0.2, -0.15) is 0 Å². The maximum Gasteiger partial charge on any atom is 0.276 e. The highest BCUT2D eigenvalue weighted by molar-refractivity contribution is 5.92. The topological polar surface area (TPSA) is 46.3 Å². The molecular weight excluding hydrogens is 192 g/mol. The maximum atomic E-state index is 12.1. The van der Waals surface area contributed by atoms with E-state index in [1.165, 1.54) is 19.1 Å². The molecule has 0 aliphatic carbocycles. The van der Waals surface area contributed by atoms with Gasteiger partial charge in [0.1, 0.15) is 6.26 Å². The summed E-state index contributed by atoms with van der Waals surface area (Å²) in [6.45, 7) is 4.18. The Bertz CT molecular complexity index is 324. The van der Waals surface area contributed by atoms with Gasteiger partial charge in [0.05, 0.1) is 0 Å². The van der Waals surface area contributed by atoms with Crippen molar-refractivity contribution in [2.24, 2.45) is 0 Å². The predicted octanol–water partition coefficient (Wildman–Crippen LogP) is 2.08. The number of amides is 1. The number of oxazole rings is 1. The molecule has 2 unspecified atom stereocenters. The first-order valence-electron chi connectivity index (χ1n) is 5.41. The van der Waals surface area contributed by atoms with Gasteiger partial charge in [0.2, 0.25) is 0 Å². The molecule has 0 spiro atoms. The quantitative estimate of drug-likeness (QED) is 0.709. The van der Waals surface area contributed by atoms with Crippen molar-refractivity contribution in [2.45, 2.75) is 45.2 Å². The third-order valence-electron chi connectivity index (χ3n) is 3.08. The van der Waals surface area contributed by atoms with Crippen LogP contribution in [0.25, 0.3) is 0 Å². The van der Waals surface area contributed by atoms with Crippen LogP contribution in [0.15, 0.2) is 17.1 Å². The molecule has 82 valence electrons. The fourth-order valence-corrected chi connectivity index (χ4v) is 2.27. The molecule has 0 N–H and O–H groups in total. The molecule has 1 fully saturated rings. The van der Waals surface area contributed by atoms with Gasteiger partial charge >= 0.3 is 0 Å². The van der Waals surface area contributed by atoms with Crippen LogP contribution in [0.3, 0.4) is 0 Å². The Balaban J connectivity index is 2.17. The van der Waals surface area contributed by atoms with Crippen molar-refractivity contribution >= 4 is 5.91 Å². The van der Waals surface area contributed by atoms with Crippen LogP contribution in [0.5, 0.6) is 0 Å². The SMILES string of the molecule is CC1CCCC(C)N1C(=O)c1cocn1. The van der Waals surface area contributed by atoms with E-state index in [-0.39, 0.29) is 5.91 Å². The number of aromatic nitrogens is 1. The molecule has 1 amide bonds. The molecule has 1 aliphatic rings. The highest BCUT2D eigenvalue weighted by atomic mass is 16.3. The molecule has 0 radical (unpaired) electrons. The summed E-state index contributed by atoms with van der Waals surface area (Å²) in [4.78, 5) is 17.9. The second-order valence-corrected chi connectivity index (χ2v) is 4.22. The van der Waals surface area contributed by atoms with E-state index in [4.69, 9.17) is 4.42 Å². The zero-order valence-corrected chi connectivity index (χ0v) is 9.14. The summed E-state index contributed by atoms with van der Waals surface area (Å²) in [6, 6.07) is 0.607. The van der Waals surface area contributed by atoms with E-state index in [2.05, 4.69) is 18.8 Å². The first-order valence-corrected chi connectivity index (χ1v) is 5.41. The minimum Gasteiger partial charge on any atom is -0.451 e. The Labute approximate surface area is 89.3 Å². The summed E-state index contributed by atoms with van der Waals surface area (Å²) in [5.74, 6) is -0.0107. The fourth-order valence-electron chi connectivity index (χ4n) is 2.27. The molecule has 4 nitrogen and oxygen atoms in total. The lowest BCUT2D eigenvalue weighted by Gasteiger charge is -2.38. The maximum absolute atomic E-state index is 12.1. The average Bonchev–Trinajstić information content (AvgIpc) is 2.69. The molecule has 1 aromatic heterocycles. The summed E-state index contributed by atoms with van der Waals surface area (Å²) < 4.78 is 4.84. The van der Waals surface area contributed by atoms with Crippen molar-refractivity contribution in [3.8, 4) is 0 Å². The third kappa shape index (κ3) is 1.89. The molecular formula is C11H16N2O2. The van der Waals surface area contributed by atoms with Gasteiger partial charge in [0.15, 0.2) is 12.1 Å². The van der Waals surface area contributed by atoms with Gasteiger partial charge in [0, 0.05) is 12.1 Å². The summed E-state index contributed by atoms with van der Waals surface area (Å²) in [7, 11) is 0. The molecule has 0 bridgehead atoms. The minimum absolute atomic E-state index is 0.0107. The fraction of sp³-hybridized carbons (Fsp3) is 0.636. The van der Waals surface area contributed by atoms with E-state index < -0.39 is 0 Å². The molecule has 1 aliphatic heterocycles. The van der Waals surface area contributed by atoms with E-state index in [1.807, 2.05) is 4.90 Å². The van der Waals surface area contributed by atoms with Gasteiger partial charge in [-0.3, -0.25) is 4.79 Å². The van der Waals surface area contributed by atoms with Gasteiger partial charge in [-0.05, 0) is 33.1 Å². The molecule has 2 heterocycles. The van der Waals surface area contributed by atoms with Crippen molar-refractivity contribution in [1.82, 2.24) is 9.88 Å². The number of nitrogens with zero attached hydrogens (tertiary/aromatic N) is 2.